The summed E-state index contributed by atoms with van der Waals surface area (Å²) in [6, 6.07) is 16.7. The van der Waals surface area contributed by atoms with Crippen LogP contribution in [0.5, 0.6) is 11.5 Å². The van der Waals surface area contributed by atoms with E-state index in [1.165, 1.54) is 11.8 Å². The van der Waals surface area contributed by atoms with Gasteiger partial charge in [0.1, 0.15) is 5.03 Å². The molecule has 0 spiro atoms. The number of hydrogen-bond donors (Lipinski definition) is 1. The molecule has 1 N–H and O–H groups in total. The fourth-order valence-corrected chi connectivity index (χ4v) is 3.58. The van der Waals surface area contributed by atoms with Gasteiger partial charge in [0.2, 0.25) is 6.79 Å². The maximum absolute atomic E-state index is 12.7. The Bertz CT molecular complexity index is 963. The molecule has 0 saturated heterocycles. The molecular weight excluding hydrogens is 416 g/mol. The Balaban J connectivity index is 1.55. The van der Waals surface area contributed by atoms with Crippen LogP contribution in [-0.2, 0) is 0 Å². The van der Waals surface area contributed by atoms with Crippen LogP contribution in [0.1, 0.15) is 10.4 Å². The molecule has 2 aromatic carbocycles. The van der Waals surface area contributed by atoms with Crippen molar-refractivity contribution in [3.8, 4) is 11.5 Å². The van der Waals surface area contributed by atoms with Crippen molar-refractivity contribution in [1.29, 1.82) is 0 Å². The van der Waals surface area contributed by atoms with E-state index in [9.17, 15) is 4.79 Å². The summed E-state index contributed by atoms with van der Waals surface area (Å²) >= 11 is 4.86. The van der Waals surface area contributed by atoms with E-state index in [2.05, 4.69) is 26.2 Å². The summed E-state index contributed by atoms with van der Waals surface area (Å²) in [4.78, 5) is 18.1. The van der Waals surface area contributed by atoms with Gasteiger partial charge in [-0.05, 0) is 48.5 Å². The molecule has 0 bridgehead atoms. The SMILES string of the molecule is O=C(Nc1ccc2c(c1)OCO2)c1cccnc1Sc1ccc(Br)cc1. The largest absolute Gasteiger partial charge is 0.454 e. The fraction of sp³-hybridized carbons (Fsp3) is 0.0526. The first-order valence-electron chi connectivity index (χ1n) is 7.78. The molecule has 5 nitrogen and oxygen atoms in total. The van der Waals surface area contributed by atoms with Crippen molar-refractivity contribution >= 4 is 39.3 Å². The van der Waals surface area contributed by atoms with Crippen LogP contribution in [0.2, 0.25) is 0 Å². The summed E-state index contributed by atoms with van der Waals surface area (Å²) in [6.07, 6.45) is 1.68. The van der Waals surface area contributed by atoms with Gasteiger partial charge < -0.3 is 14.8 Å². The second-order valence-corrected chi connectivity index (χ2v) is 7.41. The normalized spacial score (nSPS) is 12.0. The monoisotopic (exact) mass is 428 g/mol. The van der Waals surface area contributed by atoms with Crippen LogP contribution in [0.15, 0.2) is 75.2 Å². The van der Waals surface area contributed by atoms with Crippen molar-refractivity contribution in [3.05, 3.63) is 70.8 Å². The van der Waals surface area contributed by atoms with Gasteiger partial charge in [0, 0.05) is 27.3 Å². The van der Waals surface area contributed by atoms with Gasteiger partial charge in [-0.3, -0.25) is 4.79 Å². The molecule has 4 rings (SSSR count). The van der Waals surface area contributed by atoms with Gasteiger partial charge in [0.05, 0.1) is 5.56 Å². The number of carbonyl (C=O) groups is 1. The summed E-state index contributed by atoms with van der Waals surface area (Å²) in [5.41, 5.74) is 1.15. The standard InChI is InChI=1S/C19H13BrN2O3S/c20-12-3-6-14(7-4-12)26-19-15(2-1-9-21-19)18(23)22-13-5-8-16-17(10-13)25-11-24-16/h1-10H,11H2,(H,22,23). The number of hydrogen-bond acceptors (Lipinski definition) is 5. The Hall–Kier alpha value is -2.51. The predicted molar refractivity (Wildman–Crippen MR) is 103 cm³/mol. The molecule has 0 atom stereocenters. The second kappa shape index (κ2) is 7.39. The predicted octanol–water partition coefficient (Wildman–Crippen LogP) is 4.98. The Morgan fingerprint density at radius 1 is 1.08 bits per heavy atom. The van der Waals surface area contributed by atoms with Crippen LogP contribution in [-0.4, -0.2) is 17.7 Å². The average molecular weight is 429 g/mol. The summed E-state index contributed by atoms with van der Waals surface area (Å²) in [7, 11) is 0. The van der Waals surface area contributed by atoms with Crippen LogP contribution < -0.4 is 14.8 Å². The zero-order chi connectivity index (χ0) is 17.9. The minimum atomic E-state index is -0.225. The van der Waals surface area contributed by atoms with E-state index >= 15 is 0 Å². The van der Waals surface area contributed by atoms with Gasteiger partial charge in [0.15, 0.2) is 11.5 Å². The van der Waals surface area contributed by atoms with Crippen LogP contribution in [0.4, 0.5) is 5.69 Å². The van der Waals surface area contributed by atoms with Crippen LogP contribution in [0.25, 0.3) is 0 Å². The molecule has 0 radical (unpaired) electrons. The van der Waals surface area contributed by atoms with E-state index in [-0.39, 0.29) is 12.7 Å². The lowest BCUT2D eigenvalue weighted by Crippen LogP contribution is -2.13. The molecule has 1 amide bonds. The average Bonchev–Trinajstić information content (AvgIpc) is 3.12. The highest BCUT2D eigenvalue weighted by Gasteiger charge is 2.17. The molecule has 1 aliphatic heterocycles. The van der Waals surface area contributed by atoms with Gasteiger partial charge in [-0.25, -0.2) is 4.98 Å². The fourth-order valence-electron chi connectivity index (χ4n) is 2.43. The first kappa shape index (κ1) is 16.9. The van der Waals surface area contributed by atoms with Gasteiger partial charge in [0.25, 0.3) is 5.91 Å². The number of benzene rings is 2. The molecule has 1 aromatic heterocycles. The number of rotatable bonds is 4. The molecule has 0 unspecified atom stereocenters. The van der Waals surface area contributed by atoms with E-state index in [0.29, 0.717) is 27.8 Å². The topological polar surface area (TPSA) is 60.5 Å². The number of nitrogens with one attached hydrogen (secondary N) is 1. The van der Waals surface area contributed by atoms with Crippen molar-refractivity contribution in [3.63, 3.8) is 0 Å². The van der Waals surface area contributed by atoms with Gasteiger partial charge in [-0.15, -0.1) is 0 Å². The maximum atomic E-state index is 12.7. The van der Waals surface area contributed by atoms with Crippen molar-refractivity contribution < 1.29 is 14.3 Å². The zero-order valence-electron chi connectivity index (χ0n) is 13.4. The lowest BCUT2D eigenvalue weighted by Gasteiger charge is -2.09. The molecule has 0 fully saturated rings. The Labute approximate surface area is 162 Å². The number of amides is 1. The summed E-state index contributed by atoms with van der Waals surface area (Å²) in [5.74, 6) is 1.07. The van der Waals surface area contributed by atoms with Gasteiger partial charge in [-0.1, -0.05) is 27.7 Å². The van der Waals surface area contributed by atoms with Crippen LogP contribution in [0, 0.1) is 0 Å². The van der Waals surface area contributed by atoms with Gasteiger partial charge in [-0.2, -0.15) is 0 Å². The molecule has 2 heterocycles. The number of ether oxygens (including phenoxy) is 2. The Kier molecular flexibility index (Phi) is 4.81. The maximum Gasteiger partial charge on any atom is 0.258 e. The first-order valence-corrected chi connectivity index (χ1v) is 9.39. The molecule has 7 heteroatoms. The molecule has 130 valence electrons. The van der Waals surface area contributed by atoms with Gasteiger partial charge >= 0.3 is 0 Å². The highest BCUT2D eigenvalue weighted by Crippen LogP contribution is 2.35. The smallest absolute Gasteiger partial charge is 0.258 e. The summed E-state index contributed by atoms with van der Waals surface area (Å²) in [5, 5.41) is 3.53. The third kappa shape index (κ3) is 3.68. The van der Waals surface area contributed by atoms with Crippen LogP contribution >= 0.6 is 27.7 Å². The third-order valence-corrected chi connectivity index (χ3v) is 5.23. The third-order valence-electron chi connectivity index (χ3n) is 3.67. The lowest BCUT2D eigenvalue weighted by molar-refractivity contribution is 0.102. The Morgan fingerprint density at radius 2 is 1.88 bits per heavy atom. The number of anilines is 1. The highest BCUT2D eigenvalue weighted by atomic mass is 79.9. The number of halogens is 1. The van der Waals surface area contributed by atoms with E-state index < -0.39 is 0 Å². The molecular formula is C19H13BrN2O3S. The zero-order valence-corrected chi connectivity index (χ0v) is 15.8. The van der Waals surface area contributed by atoms with E-state index in [0.717, 1.165) is 9.37 Å². The minimum Gasteiger partial charge on any atom is -0.454 e. The molecule has 1 aliphatic rings. The van der Waals surface area contributed by atoms with E-state index in [4.69, 9.17) is 9.47 Å². The molecule has 0 aliphatic carbocycles. The van der Waals surface area contributed by atoms with E-state index in [1.54, 1.807) is 36.5 Å². The number of fused-ring (bicyclic) bond motifs is 1. The Morgan fingerprint density at radius 3 is 2.73 bits per heavy atom. The van der Waals surface area contributed by atoms with Crippen molar-refractivity contribution in [2.24, 2.45) is 0 Å². The van der Waals surface area contributed by atoms with Crippen molar-refractivity contribution in [1.82, 2.24) is 4.98 Å². The number of carbonyl (C=O) groups excluding carboxylic acids is 1. The quantitative estimate of drug-likeness (QED) is 0.634. The second-order valence-electron chi connectivity index (χ2n) is 5.43. The van der Waals surface area contributed by atoms with Crippen LogP contribution in [0.3, 0.4) is 0 Å². The van der Waals surface area contributed by atoms with Crippen molar-refractivity contribution in [2.75, 3.05) is 12.1 Å². The van der Waals surface area contributed by atoms with Crippen molar-refractivity contribution in [2.45, 2.75) is 9.92 Å². The minimum absolute atomic E-state index is 0.198. The summed E-state index contributed by atoms with van der Waals surface area (Å²) in [6.45, 7) is 0.198. The number of pyridine rings is 1. The number of aromatic nitrogens is 1. The lowest BCUT2D eigenvalue weighted by atomic mass is 10.2. The van der Waals surface area contributed by atoms with E-state index in [1.807, 2.05) is 24.3 Å². The molecule has 26 heavy (non-hydrogen) atoms. The summed E-state index contributed by atoms with van der Waals surface area (Å²) < 4.78 is 11.6. The molecule has 0 saturated carbocycles. The highest BCUT2D eigenvalue weighted by molar-refractivity contribution is 9.10. The first-order chi connectivity index (χ1) is 12.7. The number of nitrogens with zero attached hydrogens (tertiary/aromatic N) is 1. The molecule has 3 aromatic rings.